The molecule has 0 aromatic heterocycles. The molecule has 0 aromatic rings. The van der Waals surface area contributed by atoms with Crippen molar-refractivity contribution >= 4 is 23.5 Å². The van der Waals surface area contributed by atoms with E-state index in [9.17, 15) is 9.59 Å². The van der Waals surface area contributed by atoms with Crippen LogP contribution in [0.4, 0.5) is 0 Å². The number of rotatable bonds is 3. The standard InChI is InChI=1S/C11H18ClNO4/c1-11(2,7-12)10(15)13-4-5-17-6-8(13)9(14)16-3/h8H,4-7H2,1-3H3. The number of morpholine rings is 1. The van der Waals surface area contributed by atoms with Gasteiger partial charge in [-0.3, -0.25) is 4.79 Å². The van der Waals surface area contributed by atoms with Gasteiger partial charge in [0, 0.05) is 12.4 Å². The molecule has 1 atom stereocenters. The number of esters is 1. The van der Waals surface area contributed by atoms with Crippen molar-refractivity contribution in [2.75, 3.05) is 32.7 Å². The fraction of sp³-hybridized carbons (Fsp3) is 0.818. The third-order valence-electron chi connectivity index (χ3n) is 2.78. The first-order valence-corrected chi connectivity index (χ1v) is 6.00. The van der Waals surface area contributed by atoms with Gasteiger partial charge >= 0.3 is 5.97 Å². The molecule has 1 aliphatic rings. The summed E-state index contributed by atoms with van der Waals surface area (Å²) in [4.78, 5) is 25.3. The van der Waals surface area contributed by atoms with Gasteiger partial charge in [0.05, 0.1) is 25.7 Å². The monoisotopic (exact) mass is 263 g/mol. The van der Waals surface area contributed by atoms with Crippen LogP contribution < -0.4 is 0 Å². The fourth-order valence-corrected chi connectivity index (χ4v) is 1.74. The lowest BCUT2D eigenvalue weighted by Gasteiger charge is -2.37. The molecule has 0 spiro atoms. The summed E-state index contributed by atoms with van der Waals surface area (Å²) in [5.74, 6) is -0.397. The Balaban J connectivity index is 2.85. The highest BCUT2D eigenvalue weighted by Crippen LogP contribution is 2.23. The van der Waals surface area contributed by atoms with Gasteiger partial charge in [-0.1, -0.05) is 0 Å². The summed E-state index contributed by atoms with van der Waals surface area (Å²) >= 11 is 5.77. The minimum atomic E-state index is -0.689. The number of carbonyl (C=O) groups excluding carboxylic acids is 2. The smallest absolute Gasteiger partial charge is 0.331 e. The second-order valence-electron chi connectivity index (χ2n) is 4.63. The number of ether oxygens (including phenoxy) is 2. The van der Waals surface area contributed by atoms with Crippen LogP contribution in [0.1, 0.15) is 13.8 Å². The van der Waals surface area contributed by atoms with Crippen LogP contribution in [0.3, 0.4) is 0 Å². The van der Waals surface area contributed by atoms with Gasteiger partial charge in [-0.05, 0) is 13.8 Å². The lowest BCUT2D eigenvalue weighted by atomic mass is 9.93. The molecule has 1 fully saturated rings. The van der Waals surface area contributed by atoms with E-state index in [1.807, 2.05) is 0 Å². The molecular formula is C11H18ClNO4. The molecule has 1 saturated heterocycles. The van der Waals surface area contributed by atoms with Gasteiger partial charge in [0.2, 0.25) is 5.91 Å². The van der Waals surface area contributed by atoms with Crippen LogP contribution in [0.2, 0.25) is 0 Å². The van der Waals surface area contributed by atoms with Gasteiger partial charge in [-0.25, -0.2) is 4.79 Å². The Kier molecular flexibility index (Phi) is 4.77. The molecule has 1 unspecified atom stereocenters. The van der Waals surface area contributed by atoms with Crippen molar-refractivity contribution in [1.82, 2.24) is 4.90 Å². The molecule has 0 aliphatic carbocycles. The zero-order chi connectivity index (χ0) is 13.1. The number of nitrogens with zero attached hydrogens (tertiary/aromatic N) is 1. The first-order chi connectivity index (χ1) is 7.94. The van der Waals surface area contributed by atoms with Crippen LogP contribution in [0.15, 0.2) is 0 Å². The summed E-state index contributed by atoms with van der Waals surface area (Å²) in [7, 11) is 1.30. The van der Waals surface area contributed by atoms with Crippen LogP contribution >= 0.6 is 11.6 Å². The minimum Gasteiger partial charge on any atom is -0.467 e. The molecule has 6 heteroatoms. The highest BCUT2D eigenvalue weighted by molar-refractivity contribution is 6.19. The van der Waals surface area contributed by atoms with E-state index in [4.69, 9.17) is 16.3 Å². The average Bonchev–Trinajstić information content (AvgIpc) is 2.36. The first-order valence-electron chi connectivity index (χ1n) is 5.46. The van der Waals surface area contributed by atoms with E-state index in [0.717, 1.165) is 0 Å². The number of hydrogen-bond donors (Lipinski definition) is 0. The maximum absolute atomic E-state index is 12.3. The van der Waals surface area contributed by atoms with Gasteiger partial charge < -0.3 is 14.4 Å². The Labute approximate surface area is 106 Å². The second-order valence-corrected chi connectivity index (χ2v) is 4.90. The zero-order valence-corrected chi connectivity index (χ0v) is 11.1. The van der Waals surface area contributed by atoms with Crippen molar-refractivity contribution in [3.63, 3.8) is 0 Å². The van der Waals surface area contributed by atoms with Crippen LogP contribution in [-0.2, 0) is 19.1 Å². The normalized spacial score (nSPS) is 21.2. The quantitative estimate of drug-likeness (QED) is 0.554. The summed E-state index contributed by atoms with van der Waals surface area (Å²) in [6, 6.07) is -0.663. The van der Waals surface area contributed by atoms with Crippen molar-refractivity contribution in [2.24, 2.45) is 5.41 Å². The Bertz CT molecular complexity index is 306. The number of carbonyl (C=O) groups is 2. The Morgan fingerprint density at radius 1 is 1.53 bits per heavy atom. The number of halogens is 1. The van der Waals surface area contributed by atoms with E-state index in [1.165, 1.54) is 12.0 Å². The second kappa shape index (κ2) is 5.69. The largest absolute Gasteiger partial charge is 0.467 e. The van der Waals surface area contributed by atoms with Gasteiger partial charge in [0.15, 0.2) is 6.04 Å². The highest BCUT2D eigenvalue weighted by atomic mass is 35.5. The Morgan fingerprint density at radius 2 is 2.18 bits per heavy atom. The molecule has 0 bridgehead atoms. The molecule has 1 amide bonds. The molecule has 17 heavy (non-hydrogen) atoms. The van der Waals surface area contributed by atoms with Gasteiger partial charge in [0.25, 0.3) is 0 Å². The lowest BCUT2D eigenvalue weighted by molar-refractivity contribution is -0.164. The summed E-state index contributed by atoms with van der Waals surface area (Å²) in [6.45, 7) is 4.51. The molecule has 0 N–H and O–H groups in total. The fourth-order valence-electron chi connectivity index (χ4n) is 1.62. The third-order valence-corrected chi connectivity index (χ3v) is 3.44. The predicted molar refractivity (Wildman–Crippen MR) is 62.8 cm³/mol. The van der Waals surface area contributed by atoms with E-state index in [2.05, 4.69) is 4.74 Å². The van der Waals surface area contributed by atoms with E-state index < -0.39 is 17.4 Å². The van der Waals surface area contributed by atoms with E-state index >= 15 is 0 Å². The van der Waals surface area contributed by atoms with Crippen molar-refractivity contribution in [3.8, 4) is 0 Å². The van der Waals surface area contributed by atoms with Crippen molar-refractivity contribution in [2.45, 2.75) is 19.9 Å². The number of methoxy groups -OCH3 is 1. The molecule has 5 nitrogen and oxygen atoms in total. The van der Waals surface area contributed by atoms with E-state index in [0.29, 0.717) is 13.2 Å². The predicted octanol–water partition coefficient (Wildman–Crippen LogP) is 0.652. The average molecular weight is 264 g/mol. The Hall–Kier alpha value is -0.810. The zero-order valence-electron chi connectivity index (χ0n) is 10.4. The summed E-state index contributed by atoms with van der Waals surface area (Å²) in [6.07, 6.45) is 0. The van der Waals surface area contributed by atoms with Crippen LogP contribution in [0.25, 0.3) is 0 Å². The number of hydrogen-bond acceptors (Lipinski definition) is 4. The third kappa shape index (κ3) is 3.10. The van der Waals surface area contributed by atoms with Crippen LogP contribution in [0, 0.1) is 5.41 Å². The Morgan fingerprint density at radius 3 is 2.71 bits per heavy atom. The molecule has 0 aromatic carbocycles. The SMILES string of the molecule is COC(=O)C1COCCN1C(=O)C(C)(C)CCl. The molecule has 1 heterocycles. The van der Waals surface area contributed by atoms with Gasteiger partial charge in [-0.2, -0.15) is 0 Å². The highest BCUT2D eigenvalue weighted by Gasteiger charge is 2.39. The number of amides is 1. The summed E-state index contributed by atoms with van der Waals surface area (Å²) < 4.78 is 9.87. The molecule has 1 rings (SSSR count). The molecule has 0 saturated carbocycles. The topological polar surface area (TPSA) is 55.8 Å². The first kappa shape index (κ1) is 14.3. The van der Waals surface area contributed by atoms with Crippen molar-refractivity contribution in [3.05, 3.63) is 0 Å². The summed E-state index contributed by atoms with van der Waals surface area (Å²) in [5.41, 5.74) is -0.689. The van der Waals surface area contributed by atoms with E-state index in [1.54, 1.807) is 13.8 Å². The van der Waals surface area contributed by atoms with Crippen LogP contribution in [0.5, 0.6) is 0 Å². The summed E-state index contributed by atoms with van der Waals surface area (Å²) in [5, 5.41) is 0. The van der Waals surface area contributed by atoms with Gasteiger partial charge in [0.1, 0.15) is 0 Å². The molecule has 1 aliphatic heterocycles. The lowest BCUT2D eigenvalue weighted by Crippen LogP contribution is -2.56. The maximum atomic E-state index is 12.3. The molecular weight excluding hydrogens is 246 g/mol. The van der Waals surface area contributed by atoms with Crippen molar-refractivity contribution in [1.29, 1.82) is 0 Å². The van der Waals surface area contributed by atoms with Gasteiger partial charge in [-0.15, -0.1) is 11.6 Å². The van der Waals surface area contributed by atoms with Crippen LogP contribution in [-0.4, -0.2) is 55.6 Å². The van der Waals surface area contributed by atoms with Crippen molar-refractivity contribution < 1.29 is 19.1 Å². The minimum absolute atomic E-state index is 0.147. The number of alkyl halides is 1. The van der Waals surface area contributed by atoms with E-state index in [-0.39, 0.29) is 18.4 Å². The molecule has 0 radical (unpaired) electrons. The molecule has 98 valence electrons. The maximum Gasteiger partial charge on any atom is 0.331 e.